The SMILES string of the molecule is CCCCCCCCCCCC(=O)P. The quantitative estimate of drug-likeness (QED) is 0.393. The molecule has 0 rings (SSSR count). The van der Waals surface area contributed by atoms with Crippen molar-refractivity contribution >= 4 is 14.8 Å². The van der Waals surface area contributed by atoms with Crippen molar-refractivity contribution in [2.24, 2.45) is 0 Å². The van der Waals surface area contributed by atoms with Crippen molar-refractivity contribution in [2.45, 2.75) is 71.1 Å². The number of carbonyl (C=O) groups excluding carboxylic acids is 1. The van der Waals surface area contributed by atoms with Crippen molar-refractivity contribution in [1.29, 1.82) is 0 Å². The Kier molecular flexibility index (Phi) is 11.3. The highest BCUT2D eigenvalue weighted by atomic mass is 31.0. The largest absolute Gasteiger partial charge is 0.295 e. The zero-order valence-electron chi connectivity index (χ0n) is 9.56. The highest BCUT2D eigenvalue weighted by Crippen LogP contribution is 2.11. The molecule has 0 aliphatic heterocycles. The van der Waals surface area contributed by atoms with Crippen molar-refractivity contribution in [3.8, 4) is 0 Å². The molecule has 0 heterocycles. The van der Waals surface area contributed by atoms with Crippen LogP contribution in [0.4, 0.5) is 0 Å². The molecule has 0 fully saturated rings. The average Bonchev–Trinajstić information content (AvgIpc) is 2.15. The number of hydrogen-bond acceptors (Lipinski definition) is 1. The topological polar surface area (TPSA) is 17.1 Å². The molecule has 1 nitrogen and oxygen atoms in total. The molecule has 0 aliphatic carbocycles. The molecule has 0 saturated heterocycles. The zero-order valence-corrected chi connectivity index (χ0v) is 10.7. The van der Waals surface area contributed by atoms with Gasteiger partial charge in [0.25, 0.3) is 0 Å². The van der Waals surface area contributed by atoms with E-state index in [0.29, 0.717) is 0 Å². The van der Waals surface area contributed by atoms with Gasteiger partial charge in [0, 0.05) is 6.42 Å². The Labute approximate surface area is 91.2 Å². The predicted molar refractivity (Wildman–Crippen MR) is 66.6 cm³/mol. The standard InChI is InChI=1S/C12H25OP/c1-2-3-4-5-6-7-8-9-10-11-12(13)14/h2-11,14H2,1H3. The van der Waals surface area contributed by atoms with Gasteiger partial charge in [-0.1, -0.05) is 67.5 Å². The van der Waals surface area contributed by atoms with Crippen LogP contribution in [-0.4, -0.2) is 5.52 Å². The molecule has 0 spiro atoms. The van der Waals surface area contributed by atoms with Crippen LogP contribution in [-0.2, 0) is 4.79 Å². The maximum atomic E-state index is 10.6. The normalized spacial score (nSPS) is 10.4. The first-order valence-corrected chi connectivity index (χ1v) is 6.63. The lowest BCUT2D eigenvalue weighted by Crippen LogP contribution is -1.86. The summed E-state index contributed by atoms with van der Waals surface area (Å²) in [5.41, 5.74) is 0.257. The van der Waals surface area contributed by atoms with Crippen molar-refractivity contribution in [2.75, 3.05) is 0 Å². The summed E-state index contributed by atoms with van der Waals surface area (Å²) < 4.78 is 0. The Morgan fingerprint density at radius 2 is 1.29 bits per heavy atom. The Morgan fingerprint density at radius 3 is 1.71 bits per heavy atom. The lowest BCUT2D eigenvalue weighted by Gasteiger charge is -2.00. The van der Waals surface area contributed by atoms with Gasteiger partial charge in [-0.2, -0.15) is 0 Å². The fourth-order valence-electron chi connectivity index (χ4n) is 1.61. The second-order valence-electron chi connectivity index (χ2n) is 4.04. The molecule has 0 aliphatic rings. The van der Waals surface area contributed by atoms with E-state index < -0.39 is 0 Å². The molecule has 0 N–H and O–H groups in total. The monoisotopic (exact) mass is 216 g/mol. The van der Waals surface area contributed by atoms with Gasteiger partial charge in [-0.15, -0.1) is 0 Å². The van der Waals surface area contributed by atoms with Crippen LogP contribution in [0.1, 0.15) is 71.1 Å². The van der Waals surface area contributed by atoms with Gasteiger partial charge < -0.3 is 0 Å². The molecule has 14 heavy (non-hydrogen) atoms. The third-order valence-corrected chi connectivity index (χ3v) is 2.82. The fourth-order valence-corrected chi connectivity index (χ4v) is 1.81. The average molecular weight is 216 g/mol. The molecule has 0 saturated carbocycles. The Morgan fingerprint density at radius 1 is 0.857 bits per heavy atom. The van der Waals surface area contributed by atoms with Crippen molar-refractivity contribution in [1.82, 2.24) is 0 Å². The Hall–Kier alpha value is 0.100. The summed E-state index contributed by atoms with van der Waals surface area (Å²) >= 11 is 0. The van der Waals surface area contributed by atoms with Gasteiger partial charge in [0.1, 0.15) is 5.52 Å². The summed E-state index contributed by atoms with van der Waals surface area (Å²) in [6.07, 6.45) is 12.6. The molecule has 1 unspecified atom stereocenters. The minimum absolute atomic E-state index is 0.257. The molecule has 0 aromatic carbocycles. The third-order valence-electron chi connectivity index (χ3n) is 2.53. The van der Waals surface area contributed by atoms with Gasteiger partial charge in [-0.05, 0) is 6.42 Å². The highest BCUT2D eigenvalue weighted by molar-refractivity contribution is 7.40. The summed E-state index contributed by atoms with van der Waals surface area (Å²) in [6.45, 7) is 2.25. The maximum Gasteiger partial charge on any atom is 0.148 e. The van der Waals surface area contributed by atoms with Gasteiger partial charge in [-0.3, -0.25) is 4.79 Å². The molecular weight excluding hydrogens is 191 g/mol. The fraction of sp³-hybridized carbons (Fsp3) is 0.917. The minimum atomic E-state index is 0.257. The first kappa shape index (κ1) is 14.1. The smallest absolute Gasteiger partial charge is 0.148 e. The van der Waals surface area contributed by atoms with E-state index in [9.17, 15) is 4.79 Å². The van der Waals surface area contributed by atoms with E-state index >= 15 is 0 Å². The Bertz CT molecular complexity index is 134. The lowest BCUT2D eigenvalue weighted by atomic mass is 10.1. The zero-order chi connectivity index (χ0) is 10.6. The summed E-state index contributed by atoms with van der Waals surface area (Å²) in [5.74, 6) is 0. The van der Waals surface area contributed by atoms with Gasteiger partial charge in [0.2, 0.25) is 0 Å². The van der Waals surface area contributed by atoms with Gasteiger partial charge >= 0.3 is 0 Å². The van der Waals surface area contributed by atoms with E-state index in [1.54, 1.807) is 0 Å². The van der Waals surface area contributed by atoms with E-state index in [1.165, 1.54) is 51.4 Å². The van der Waals surface area contributed by atoms with E-state index in [-0.39, 0.29) is 5.52 Å². The maximum absolute atomic E-state index is 10.6. The number of carbonyl (C=O) groups is 1. The molecule has 0 aromatic rings. The van der Waals surface area contributed by atoms with E-state index in [2.05, 4.69) is 16.2 Å². The lowest BCUT2D eigenvalue weighted by molar-refractivity contribution is -0.111. The minimum Gasteiger partial charge on any atom is -0.295 e. The molecule has 0 radical (unpaired) electrons. The predicted octanol–water partition coefficient (Wildman–Crippen LogP) is 4.31. The number of rotatable bonds is 10. The second-order valence-corrected chi connectivity index (χ2v) is 4.69. The van der Waals surface area contributed by atoms with Crippen LogP contribution in [0, 0.1) is 0 Å². The number of unbranched alkanes of at least 4 members (excludes halogenated alkanes) is 8. The molecule has 0 amide bonds. The van der Waals surface area contributed by atoms with Crippen molar-refractivity contribution in [3.63, 3.8) is 0 Å². The molecular formula is C12H25OP. The summed E-state index contributed by atoms with van der Waals surface area (Å²) in [6, 6.07) is 0. The van der Waals surface area contributed by atoms with Crippen LogP contribution in [0.5, 0.6) is 0 Å². The third kappa shape index (κ3) is 12.1. The van der Waals surface area contributed by atoms with Gasteiger partial charge in [0.15, 0.2) is 0 Å². The van der Waals surface area contributed by atoms with E-state index in [4.69, 9.17) is 0 Å². The highest BCUT2D eigenvalue weighted by Gasteiger charge is 1.94. The van der Waals surface area contributed by atoms with Crippen LogP contribution in [0.15, 0.2) is 0 Å². The van der Waals surface area contributed by atoms with Crippen LogP contribution >= 0.6 is 9.24 Å². The Balaban J connectivity index is 2.88. The molecule has 2 heteroatoms. The number of hydrogen-bond donors (Lipinski definition) is 0. The summed E-state index contributed by atoms with van der Waals surface area (Å²) in [7, 11) is 2.25. The molecule has 84 valence electrons. The molecule has 0 aromatic heterocycles. The van der Waals surface area contributed by atoms with E-state index in [0.717, 1.165) is 12.8 Å². The second kappa shape index (κ2) is 11.2. The van der Waals surface area contributed by atoms with Crippen LogP contribution in [0.3, 0.4) is 0 Å². The van der Waals surface area contributed by atoms with Crippen molar-refractivity contribution < 1.29 is 4.79 Å². The van der Waals surface area contributed by atoms with Crippen molar-refractivity contribution in [3.05, 3.63) is 0 Å². The van der Waals surface area contributed by atoms with E-state index in [1.807, 2.05) is 0 Å². The summed E-state index contributed by atoms with van der Waals surface area (Å²) in [5, 5.41) is 0. The molecule has 0 bridgehead atoms. The van der Waals surface area contributed by atoms with Gasteiger partial charge in [-0.25, -0.2) is 0 Å². The first-order valence-electron chi connectivity index (χ1n) is 6.05. The molecule has 1 atom stereocenters. The van der Waals surface area contributed by atoms with Crippen LogP contribution < -0.4 is 0 Å². The van der Waals surface area contributed by atoms with Crippen LogP contribution in [0.2, 0.25) is 0 Å². The summed E-state index contributed by atoms with van der Waals surface area (Å²) in [4.78, 5) is 10.6. The first-order chi connectivity index (χ1) is 6.77. The van der Waals surface area contributed by atoms with Gasteiger partial charge in [0.05, 0.1) is 0 Å². The van der Waals surface area contributed by atoms with Crippen LogP contribution in [0.25, 0.3) is 0 Å².